The molecule has 0 aromatic heterocycles. The Bertz CT molecular complexity index is 168. The first-order chi connectivity index (χ1) is 8.35. The standard InChI is InChI=1S/C14H27IO2/c1-16-14(17-2)12-10-8-6-4-3-5-7-9-11-13-15/h7,9,14H,3-6,8,10-13H2,1-2H3/b9-7-. The average Bonchev–Trinajstić information content (AvgIpc) is 2.36. The van der Waals surface area contributed by atoms with Crippen LogP contribution in [0.25, 0.3) is 0 Å². The second-order valence-electron chi connectivity index (χ2n) is 4.20. The maximum atomic E-state index is 5.15. The molecule has 0 aromatic rings. The molecule has 0 amide bonds. The normalized spacial score (nSPS) is 11.8. The fourth-order valence-corrected chi connectivity index (χ4v) is 2.09. The van der Waals surface area contributed by atoms with Gasteiger partial charge in [-0.15, -0.1) is 0 Å². The molecule has 0 saturated heterocycles. The van der Waals surface area contributed by atoms with Crippen LogP contribution in [0.15, 0.2) is 12.2 Å². The van der Waals surface area contributed by atoms with Crippen molar-refractivity contribution in [2.24, 2.45) is 0 Å². The Balaban J connectivity index is 3.13. The molecular weight excluding hydrogens is 327 g/mol. The Kier molecular flexibility index (Phi) is 14.8. The number of allylic oxidation sites excluding steroid dienone is 2. The molecule has 0 radical (unpaired) electrons. The van der Waals surface area contributed by atoms with Gasteiger partial charge in [-0.2, -0.15) is 0 Å². The summed E-state index contributed by atoms with van der Waals surface area (Å²) >= 11 is 2.41. The molecular formula is C14H27IO2. The highest BCUT2D eigenvalue weighted by Gasteiger charge is 2.03. The van der Waals surface area contributed by atoms with E-state index >= 15 is 0 Å². The first kappa shape index (κ1) is 17.4. The minimum Gasteiger partial charge on any atom is -0.356 e. The van der Waals surface area contributed by atoms with Crippen LogP contribution in [-0.4, -0.2) is 24.9 Å². The number of ether oxygens (including phenoxy) is 2. The summed E-state index contributed by atoms with van der Waals surface area (Å²) in [5.74, 6) is 0. The summed E-state index contributed by atoms with van der Waals surface area (Å²) in [4.78, 5) is 0. The molecule has 0 heterocycles. The molecule has 0 aliphatic heterocycles. The average molecular weight is 354 g/mol. The van der Waals surface area contributed by atoms with Crippen LogP contribution in [0.5, 0.6) is 0 Å². The highest BCUT2D eigenvalue weighted by atomic mass is 127. The number of hydrogen-bond donors (Lipinski definition) is 0. The van der Waals surface area contributed by atoms with Gasteiger partial charge in [0, 0.05) is 18.6 Å². The molecule has 0 aliphatic carbocycles. The molecule has 0 fully saturated rings. The lowest BCUT2D eigenvalue weighted by atomic mass is 10.1. The molecule has 2 nitrogen and oxygen atoms in total. The third-order valence-corrected chi connectivity index (χ3v) is 3.40. The van der Waals surface area contributed by atoms with E-state index in [1.54, 1.807) is 14.2 Å². The second kappa shape index (κ2) is 14.5. The topological polar surface area (TPSA) is 18.5 Å². The lowest BCUT2D eigenvalue weighted by molar-refractivity contribution is -0.107. The van der Waals surface area contributed by atoms with Gasteiger partial charge in [0.2, 0.25) is 0 Å². The van der Waals surface area contributed by atoms with Crippen LogP contribution in [0.1, 0.15) is 51.4 Å². The van der Waals surface area contributed by atoms with E-state index in [9.17, 15) is 0 Å². The minimum absolute atomic E-state index is 0.00814. The number of halogens is 1. The van der Waals surface area contributed by atoms with Crippen molar-refractivity contribution in [2.75, 3.05) is 18.6 Å². The summed E-state index contributed by atoms with van der Waals surface area (Å²) in [6.07, 6.45) is 14.6. The van der Waals surface area contributed by atoms with Crippen molar-refractivity contribution in [3.63, 3.8) is 0 Å². The van der Waals surface area contributed by atoms with E-state index in [4.69, 9.17) is 9.47 Å². The lowest BCUT2D eigenvalue weighted by Crippen LogP contribution is -2.12. The van der Waals surface area contributed by atoms with Crippen molar-refractivity contribution in [3.8, 4) is 0 Å². The van der Waals surface area contributed by atoms with Crippen molar-refractivity contribution < 1.29 is 9.47 Å². The van der Waals surface area contributed by atoms with E-state index in [2.05, 4.69) is 34.7 Å². The molecule has 0 aliphatic rings. The molecule has 0 unspecified atom stereocenters. The zero-order valence-electron chi connectivity index (χ0n) is 11.3. The van der Waals surface area contributed by atoms with E-state index in [0.29, 0.717) is 0 Å². The van der Waals surface area contributed by atoms with Gasteiger partial charge in [-0.25, -0.2) is 0 Å². The molecule has 0 atom stereocenters. The summed E-state index contributed by atoms with van der Waals surface area (Å²) in [5.41, 5.74) is 0. The van der Waals surface area contributed by atoms with E-state index in [-0.39, 0.29) is 6.29 Å². The predicted molar refractivity (Wildman–Crippen MR) is 82.8 cm³/mol. The van der Waals surface area contributed by atoms with Crippen LogP contribution < -0.4 is 0 Å². The zero-order valence-corrected chi connectivity index (χ0v) is 13.4. The Morgan fingerprint density at radius 2 is 1.47 bits per heavy atom. The third kappa shape index (κ3) is 12.6. The van der Waals surface area contributed by atoms with Crippen molar-refractivity contribution in [2.45, 2.75) is 57.7 Å². The molecule has 0 N–H and O–H groups in total. The van der Waals surface area contributed by atoms with Gasteiger partial charge in [0.1, 0.15) is 0 Å². The molecule has 0 bridgehead atoms. The molecule has 3 heteroatoms. The summed E-state index contributed by atoms with van der Waals surface area (Å²) in [5, 5.41) is 0. The van der Waals surface area contributed by atoms with Gasteiger partial charge in [-0.3, -0.25) is 0 Å². The maximum absolute atomic E-state index is 5.15. The highest BCUT2D eigenvalue weighted by Crippen LogP contribution is 2.10. The van der Waals surface area contributed by atoms with Crippen LogP contribution >= 0.6 is 22.6 Å². The number of alkyl halides is 1. The summed E-state index contributed by atoms with van der Waals surface area (Å²) < 4.78 is 11.5. The van der Waals surface area contributed by atoms with Gasteiger partial charge in [0.25, 0.3) is 0 Å². The first-order valence-corrected chi connectivity index (χ1v) is 8.14. The SMILES string of the molecule is COC(CCCCCCC/C=C\CCI)OC. The zero-order chi connectivity index (χ0) is 12.8. The van der Waals surface area contributed by atoms with Crippen LogP contribution in [0.4, 0.5) is 0 Å². The largest absolute Gasteiger partial charge is 0.356 e. The number of methoxy groups -OCH3 is 2. The van der Waals surface area contributed by atoms with Gasteiger partial charge in [0.15, 0.2) is 6.29 Å². The monoisotopic (exact) mass is 354 g/mol. The number of hydrogen-bond acceptors (Lipinski definition) is 2. The van der Waals surface area contributed by atoms with Crippen LogP contribution in [-0.2, 0) is 9.47 Å². The van der Waals surface area contributed by atoms with Gasteiger partial charge in [-0.05, 0) is 32.1 Å². The van der Waals surface area contributed by atoms with E-state index < -0.39 is 0 Å². The molecule has 0 aromatic carbocycles. The van der Waals surface area contributed by atoms with Crippen molar-refractivity contribution in [1.29, 1.82) is 0 Å². The van der Waals surface area contributed by atoms with E-state index in [1.165, 1.54) is 49.4 Å². The van der Waals surface area contributed by atoms with Crippen molar-refractivity contribution in [3.05, 3.63) is 12.2 Å². The predicted octanol–water partition coefficient (Wildman–Crippen LogP) is 4.72. The maximum Gasteiger partial charge on any atom is 0.156 e. The first-order valence-electron chi connectivity index (χ1n) is 6.61. The van der Waals surface area contributed by atoms with Gasteiger partial charge < -0.3 is 9.47 Å². The fraction of sp³-hybridized carbons (Fsp3) is 0.857. The molecule has 102 valence electrons. The van der Waals surface area contributed by atoms with Gasteiger partial charge in [-0.1, -0.05) is 54.0 Å². The Morgan fingerprint density at radius 3 is 2.12 bits per heavy atom. The molecule has 17 heavy (non-hydrogen) atoms. The van der Waals surface area contributed by atoms with E-state index in [1.807, 2.05) is 0 Å². The summed E-state index contributed by atoms with van der Waals surface area (Å²) in [6, 6.07) is 0. The van der Waals surface area contributed by atoms with Crippen molar-refractivity contribution in [1.82, 2.24) is 0 Å². The third-order valence-electron chi connectivity index (χ3n) is 2.78. The molecule has 0 spiro atoms. The Labute approximate surface area is 120 Å². The van der Waals surface area contributed by atoms with Crippen LogP contribution in [0.2, 0.25) is 0 Å². The molecule has 0 rings (SSSR count). The quantitative estimate of drug-likeness (QED) is 0.166. The Hall–Kier alpha value is 0.390. The number of unbranched alkanes of at least 4 members (excludes halogenated alkanes) is 5. The lowest BCUT2D eigenvalue weighted by Gasteiger charge is -2.12. The van der Waals surface area contributed by atoms with Gasteiger partial charge >= 0.3 is 0 Å². The molecule has 0 saturated carbocycles. The highest BCUT2D eigenvalue weighted by molar-refractivity contribution is 14.1. The Morgan fingerprint density at radius 1 is 0.882 bits per heavy atom. The summed E-state index contributed by atoms with van der Waals surface area (Å²) in [6.45, 7) is 0. The second-order valence-corrected chi connectivity index (χ2v) is 5.27. The fourth-order valence-electron chi connectivity index (χ4n) is 1.73. The van der Waals surface area contributed by atoms with Crippen molar-refractivity contribution >= 4 is 22.6 Å². The smallest absolute Gasteiger partial charge is 0.156 e. The van der Waals surface area contributed by atoms with Crippen LogP contribution in [0.3, 0.4) is 0 Å². The van der Waals surface area contributed by atoms with Crippen LogP contribution in [0, 0.1) is 0 Å². The minimum atomic E-state index is -0.00814. The van der Waals surface area contributed by atoms with Gasteiger partial charge in [0.05, 0.1) is 0 Å². The summed E-state index contributed by atoms with van der Waals surface area (Å²) in [7, 11) is 3.41. The number of rotatable bonds is 12. The van der Waals surface area contributed by atoms with E-state index in [0.717, 1.165) is 6.42 Å².